The van der Waals surface area contributed by atoms with Crippen molar-refractivity contribution in [2.75, 3.05) is 13.2 Å². The number of H-pyrrole nitrogens is 1. The molecule has 2 N–H and O–H groups in total. The molecule has 0 unspecified atom stereocenters. The molecule has 0 aliphatic heterocycles. The van der Waals surface area contributed by atoms with Crippen LogP contribution in [-0.4, -0.2) is 37.8 Å². The van der Waals surface area contributed by atoms with Crippen molar-refractivity contribution >= 4 is 11.2 Å². The maximum Gasteiger partial charge on any atom is 0.278 e. The molecule has 5 aromatic rings. The standard InChI is InChI=1S/C30H28N4O3/c35-17-21-16-26(34-20-33-27-28(34)31-19-32-29(27)36)25(21)18-37-30(22-10-4-1-5-11-22,23-12-6-2-7-13-23)24-14-8-3-9-15-24/h1-15,19-21,25-26,35H,16-18H2,(H,31,32,36)/t21-,25-,26-/m1/s1. The van der Waals surface area contributed by atoms with Gasteiger partial charge in [-0.15, -0.1) is 0 Å². The van der Waals surface area contributed by atoms with E-state index in [0.29, 0.717) is 17.8 Å². The van der Waals surface area contributed by atoms with Crippen LogP contribution < -0.4 is 5.56 Å². The van der Waals surface area contributed by atoms with Crippen LogP contribution in [0.3, 0.4) is 0 Å². The lowest BCUT2D eigenvalue weighted by Gasteiger charge is -2.46. The predicted molar refractivity (Wildman–Crippen MR) is 141 cm³/mol. The highest BCUT2D eigenvalue weighted by molar-refractivity contribution is 5.69. The van der Waals surface area contributed by atoms with Crippen molar-refractivity contribution in [2.45, 2.75) is 18.1 Å². The summed E-state index contributed by atoms with van der Waals surface area (Å²) in [6, 6.07) is 30.8. The molecule has 2 heterocycles. The van der Waals surface area contributed by atoms with Crippen LogP contribution >= 0.6 is 0 Å². The first-order valence-electron chi connectivity index (χ1n) is 12.5. The monoisotopic (exact) mass is 492 g/mol. The summed E-state index contributed by atoms with van der Waals surface area (Å²) < 4.78 is 9.01. The summed E-state index contributed by atoms with van der Waals surface area (Å²) in [6.45, 7) is 0.470. The van der Waals surface area contributed by atoms with Gasteiger partial charge in [0.2, 0.25) is 0 Å². The molecular formula is C30H28N4O3. The van der Waals surface area contributed by atoms with Crippen LogP contribution in [0.15, 0.2) is 108 Å². The SMILES string of the molecule is O=c1[nH]cnc2c1ncn2[C@@H]1C[C@H](CO)[C@H]1COC(c1ccccc1)(c1ccccc1)c1ccccc1. The molecule has 0 spiro atoms. The minimum absolute atomic E-state index is 0.0106. The van der Waals surface area contributed by atoms with Gasteiger partial charge >= 0.3 is 0 Å². The molecule has 0 radical (unpaired) electrons. The zero-order valence-electron chi connectivity index (χ0n) is 20.3. The molecule has 1 fully saturated rings. The fourth-order valence-electron chi connectivity index (χ4n) is 5.65. The Kier molecular flexibility index (Phi) is 6.16. The molecule has 3 atom stereocenters. The van der Waals surface area contributed by atoms with E-state index in [-0.39, 0.29) is 30.0 Å². The van der Waals surface area contributed by atoms with E-state index >= 15 is 0 Å². The number of aliphatic hydroxyl groups is 1. The minimum atomic E-state index is -0.837. The third kappa shape index (κ3) is 3.97. The average Bonchev–Trinajstić information content (AvgIpc) is 3.37. The van der Waals surface area contributed by atoms with Gasteiger partial charge in [0.1, 0.15) is 5.60 Å². The lowest BCUT2D eigenvalue weighted by atomic mass is 9.69. The smallest absolute Gasteiger partial charge is 0.278 e. The number of nitrogens with one attached hydrogen (secondary N) is 1. The molecular weight excluding hydrogens is 464 g/mol. The topological polar surface area (TPSA) is 93.0 Å². The Morgan fingerprint density at radius 1 is 0.892 bits per heavy atom. The molecule has 186 valence electrons. The molecule has 0 saturated heterocycles. The van der Waals surface area contributed by atoms with E-state index in [1.165, 1.54) is 6.33 Å². The quantitative estimate of drug-likeness (QED) is 0.315. The first-order chi connectivity index (χ1) is 18.2. The summed E-state index contributed by atoms with van der Waals surface area (Å²) in [5.41, 5.74) is 2.87. The van der Waals surface area contributed by atoms with Crippen molar-refractivity contribution in [1.29, 1.82) is 0 Å². The third-order valence-electron chi connectivity index (χ3n) is 7.63. The molecule has 7 nitrogen and oxygen atoms in total. The van der Waals surface area contributed by atoms with Crippen molar-refractivity contribution in [3.63, 3.8) is 0 Å². The van der Waals surface area contributed by atoms with E-state index < -0.39 is 5.60 Å². The van der Waals surface area contributed by atoms with Gasteiger partial charge in [-0.3, -0.25) is 4.79 Å². The van der Waals surface area contributed by atoms with E-state index in [4.69, 9.17) is 4.74 Å². The second-order valence-corrected chi connectivity index (χ2v) is 9.56. The Labute approximate surface area is 214 Å². The average molecular weight is 493 g/mol. The number of aromatic amines is 1. The summed E-state index contributed by atoms with van der Waals surface area (Å²) in [5.74, 6) is 0.0865. The molecule has 3 aromatic carbocycles. The summed E-state index contributed by atoms with van der Waals surface area (Å²) >= 11 is 0. The third-order valence-corrected chi connectivity index (χ3v) is 7.63. The number of rotatable bonds is 8. The molecule has 1 saturated carbocycles. The first kappa shape index (κ1) is 23.3. The van der Waals surface area contributed by atoms with Crippen LogP contribution in [0.5, 0.6) is 0 Å². The molecule has 0 bridgehead atoms. The number of benzene rings is 3. The maximum atomic E-state index is 12.2. The highest BCUT2D eigenvalue weighted by atomic mass is 16.5. The summed E-state index contributed by atoms with van der Waals surface area (Å²) in [6.07, 6.45) is 3.85. The number of aromatic nitrogens is 4. The van der Waals surface area contributed by atoms with Gasteiger partial charge in [0.05, 0.1) is 19.3 Å². The van der Waals surface area contributed by atoms with Crippen molar-refractivity contribution in [1.82, 2.24) is 19.5 Å². The minimum Gasteiger partial charge on any atom is -0.396 e. The summed E-state index contributed by atoms with van der Waals surface area (Å²) in [4.78, 5) is 23.5. The molecule has 1 aliphatic rings. The Morgan fingerprint density at radius 3 is 2.00 bits per heavy atom. The van der Waals surface area contributed by atoms with E-state index in [1.807, 2.05) is 59.2 Å². The number of hydrogen-bond acceptors (Lipinski definition) is 5. The van der Waals surface area contributed by atoms with Crippen molar-refractivity contribution in [2.24, 2.45) is 11.8 Å². The normalized spacial score (nSPS) is 19.5. The highest BCUT2D eigenvalue weighted by Crippen LogP contribution is 2.48. The molecule has 6 rings (SSSR count). The number of nitrogens with zero attached hydrogens (tertiary/aromatic N) is 3. The van der Waals surface area contributed by atoms with Gasteiger partial charge in [-0.05, 0) is 29.0 Å². The Morgan fingerprint density at radius 2 is 1.46 bits per heavy atom. The number of fused-ring (bicyclic) bond motifs is 1. The molecule has 1 aliphatic carbocycles. The van der Waals surface area contributed by atoms with E-state index in [0.717, 1.165) is 23.1 Å². The fraction of sp³-hybridized carbons (Fsp3) is 0.233. The first-order valence-corrected chi connectivity index (χ1v) is 12.5. The predicted octanol–water partition coefficient (Wildman–Crippen LogP) is 4.30. The highest BCUT2D eigenvalue weighted by Gasteiger charge is 2.45. The van der Waals surface area contributed by atoms with Gasteiger partial charge < -0.3 is 19.4 Å². The summed E-state index contributed by atoms with van der Waals surface area (Å²) in [5, 5.41) is 10.2. The second kappa shape index (κ2) is 9.76. The Balaban J connectivity index is 1.42. The van der Waals surface area contributed by atoms with Crippen molar-refractivity contribution in [3.8, 4) is 0 Å². The van der Waals surface area contributed by atoms with Gasteiger partial charge in [-0.25, -0.2) is 9.97 Å². The van der Waals surface area contributed by atoms with E-state index in [2.05, 4.69) is 51.4 Å². The molecule has 37 heavy (non-hydrogen) atoms. The zero-order valence-corrected chi connectivity index (χ0v) is 20.3. The summed E-state index contributed by atoms with van der Waals surface area (Å²) in [7, 11) is 0. The number of hydrogen-bond donors (Lipinski definition) is 2. The number of imidazole rings is 1. The van der Waals surface area contributed by atoms with E-state index in [9.17, 15) is 9.90 Å². The lowest BCUT2D eigenvalue weighted by Crippen LogP contribution is -2.45. The van der Waals surface area contributed by atoms with Crippen LogP contribution in [0, 0.1) is 11.8 Å². The Bertz CT molecular complexity index is 1440. The van der Waals surface area contributed by atoms with Crippen LogP contribution in [0.4, 0.5) is 0 Å². The number of aliphatic hydroxyl groups excluding tert-OH is 1. The lowest BCUT2D eigenvalue weighted by molar-refractivity contribution is -0.0762. The number of ether oxygens (including phenoxy) is 1. The zero-order chi connectivity index (χ0) is 25.2. The van der Waals surface area contributed by atoms with Gasteiger partial charge in [0.15, 0.2) is 11.2 Å². The van der Waals surface area contributed by atoms with Gasteiger partial charge in [0.25, 0.3) is 5.56 Å². The van der Waals surface area contributed by atoms with Crippen molar-refractivity contribution in [3.05, 3.63) is 131 Å². The van der Waals surface area contributed by atoms with Crippen LogP contribution in [-0.2, 0) is 10.3 Å². The second-order valence-electron chi connectivity index (χ2n) is 9.56. The maximum absolute atomic E-state index is 12.2. The van der Waals surface area contributed by atoms with Crippen molar-refractivity contribution < 1.29 is 9.84 Å². The van der Waals surface area contributed by atoms with Crippen LogP contribution in [0.2, 0.25) is 0 Å². The largest absolute Gasteiger partial charge is 0.396 e. The fourth-order valence-corrected chi connectivity index (χ4v) is 5.65. The molecule has 0 amide bonds. The van der Waals surface area contributed by atoms with E-state index in [1.54, 1.807) is 6.33 Å². The van der Waals surface area contributed by atoms with Gasteiger partial charge in [-0.2, -0.15) is 0 Å². The molecule has 7 heteroatoms. The van der Waals surface area contributed by atoms with Crippen LogP contribution in [0.1, 0.15) is 29.2 Å². The molecule has 2 aromatic heterocycles. The van der Waals surface area contributed by atoms with Crippen LogP contribution in [0.25, 0.3) is 11.2 Å². The van der Waals surface area contributed by atoms with Gasteiger partial charge in [-0.1, -0.05) is 91.0 Å². The van der Waals surface area contributed by atoms with Gasteiger partial charge in [0, 0.05) is 18.6 Å². The Hall–Kier alpha value is -4.07.